The van der Waals surface area contributed by atoms with Gasteiger partial charge in [-0.25, -0.2) is 23.1 Å². The molecule has 0 bridgehead atoms. The lowest BCUT2D eigenvalue weighted by atomic mass is 9.90. The van der Waals surface area contributed by atoms with E-state index in [4.69, 9.17) is 0 Å². The molecule has 1 fully saturated rings. The third-order valence-electron chi connectivity index (χ3n) is 5.82. The van der Waals surface area contributed by atoms with E-state index >= 15 is 0 Å². The summed E-state index contributed by atoms with van der Waals surface area (Å²) in [6.45, 7) is 0. The van der Waals surface area contributed by atoms with Crippen LogP contribution in [0, 0.1) is 17.5 Å². The number of rotatable bonds is 5. The van der Waals surface area contributed by atoms with Crippen LogP contribution in [0.5, 0.6) is 0 Å². The van der Waals surface area contributed by atoms with Gasteiger partial charge in [0.05, 0.1) is 6.20 Å². The molecule has 33 heavy (non-hydrogen) atoms. The Kier molecular flexibility index (Phi) is 5.76. The highest BCUT2D eigenvalue weighted by molar-refractivity contribution is 7.08. The van der Waals surface area contributed by atoms with Gasteiger partial charge in [0, 0.05) is 46.2 Å². The molecule has 4 aromatic heterocycles. The monoisotopic (exact) mass is 471 g/mol. The molecule has 0 aliphatic heterocycles. The van der Waals surface area contributed by atoms with Crippen molar-refractivity contribution in [2.24, 2.45) is 0 Å². The van der Waals surface area contributed by atoms with Gasteiger partial charge >= 0.3 is 0 Å². The third-order valence-corrected chi connectivity index (χ3v) is 6.50. The second-order valence-corrected chi connectivity index (χ2v) is 8.87. The number of nitrogens with one attached hydrogen (secondary N) is 3. The molecule has 0 radical (unpaired) electrons. The number of halogens is 3. The number of amides is 1. The molecule has 3 N–H and O–H groups in total. The SMILES string of the molecule is O=C(NC1CCCC(Nc2nc(-c3c[nH]c4ncc(F)cc34)c(F)cc2F)C1)c1ccsc1. The zero-order valence-corrected chi connectivity index (χ0v) is 18.2. The van der Waals surface area contributed by atoms with Crippen molar-refractivity contribution in [3.63, 3.8) is 0 Å². The van der Waals surface area contributed by atoms with Gasteiger partial charge in [-0.2, -0.15) is 11.3 Å². The van der Waals surface area contributed by atoms with E-state index in [-0.39, 0.29) is 29.5 Å². The lowest BCUT2D eigenvalue weighted by molar-refractivity contribution is 0.0927. The summed E-state index contributed by atoms with van der Waals surface area (Å²) in [5.41, 5.74) is 1.19. The number of pyridine rings is 2. The van der Waals surface area contributed by atoms with Crippen molar-refractivity contribution in [3.8, 4) is 11.3 Å². The molecule has 170 valence electrons. The van der Waals surface area contributed by atoms with E-state index in [0.29, 0.717) is 28.6 Å². The molecule has 4 heterocycles. The first-order valence-corrected chi connectivity index (χ1v) is 11.5. The van der Waals surface area contributed by atoms with Crippen molar-refractivity contribution in [2.45, 2.75) is 37.8 Å². The quantitative estimate of drug-likeness (QED) is 0.371. The molecule has 2 atom stereocenters. The number of thiophene rings is 1. The summed E-state index contributed by atoms with van der Waals surface area (Å²) in [4.78, 5) is 23.4. The molecule has 1 amide bonds. The zero-order valence-electron chi connectivity index (χ0n) is 17.4. The predicted octanol–water partition coefficient (Wildman–Crippen LogP) is 5.26. The highest BCUT2D eigenvalue weighted by Gasteiger charge is 2.26. The molecule has 0 aromatic carbocycles. The molecule has 6 nitrogen and oxygen atoms in total. The van der Waals surface area contributed by atoms with E-state index < -0.39 is 17.5 Å². The van der Waals surface area contributed by atoms with Crippen LogP contribution in [0.3, 0.4) is 0 Å². The van der Waals surface area contributed by atoms with E-state index in [1.807, 2.05) is 5.38 Å². The van der Waals surface area contributed by atoms with Crippen LogP contribution in [0.25, 0.3) is 22.3 Å². The van der Waals surface area contributed by atoms with E-state index in [2.05, 4.69) is 25.6 Å². The maximum Gasteiger partial charge on any atom is 0.252 e. The van der Waals surface area contributed by atoms with Crippen LogP contribution in [-0.2, 0) is 0 Å². The summed E-state index contributed by atoms with van der Waals surface area (Å²) in [6.07, 6.45) is 5.55. The molecule has 2 unspecified atom stereocenters. The Bertz CT molecular complexity index is 1310. The Hall–Kier alpha value is -3.40. The molecular weight excluding hydrogens is 451 g/mol. The molecule has 0 saturated heterocycles. The van der Waals surface area contributed by atoms with Gasteiger partial charge < -0.3 is 15.6 Å². The molecule has 4 aromatic rings. The fourth-order valence-corrected chi connectivity index (χ4v) is 4.87. The van der Waals surface area contributed by atoms with Crippen molar-refractivity contribution in [1.29, 1.82) is 0 Å². The number of hydrogen-bond acceptors (Lipinski definition) is 5. The first-order chi connectivity index (χ1) is 16.0. The Morgan fingerprint density at radius 1 is 1.15 bits per heavy atom. The summed E-state index contributed by atoms with van der Waals surface area (Å²) in [7, 11) is 0. The Morgan fingerprint density at radius 3 is 2.82 bits per heavy atom. The molecule has 5 rings (SSSR count). The Labute approximate surface area is 191 Å². The molecular formula is C23H20F3N5OS. The van der Waals surface area contributed by atoms with E-state index in [9.17, 15) is 18.0 Å². The summed E-state index contributed by atoms with van der Waals surface area (Å²) in [6, 6.07) is 3.57. The number of carbonyl (C=O) groups excluding carboxylic acids is 1. The van der Waals surface area contributed by atoms with Gasteiger partial charge in [-0.05, 0) is 43.2 Å². The van der Waals surface area contributed by atoms with Crippen LogP contribution in [0.15, 0.2) is 41.4 Å². The van der Waals surface area contributed by atoms with Gasteiger partial charge in [0.1, 0.15) is 17.2 Å². The van der Waals surface area contributed by atoms with Gasteiger partial charge in [0.15, 0.2) is 17.5 Å². The maximum atomic E-state index is 14.6. The smallest absolute Gasteiger partial charge is 0.252 e. The predicted molar refractivity (Wildman–Crippen MR) is 121 cm³/mol. The van der Waals surface area contributed by atoms with Crippen LogP contribution in [0.2, 0.25) is 0 Å². The maximum absolute atomic E-state index is 14.6. The number of fused-ring (bicyclic) bond motifs is 1. The van der Waals surface area contributed by atoms with Crippen LogP contribution >= 0.6 is 11.3 Å². The fraction of sp³-hybridized carbons (Fsp3) is 0.261. The normalized spacial score (nSPS) is 18.4. The lowest BCUT2D eigenvalue weighted by Crippen LogP contribution is -2.41. The first kappa shape index (κ1) is 21.4. The van der Waals surface area contributed by atoms with Crippen molar-refractivity contribution in [3.05, 3.63) is 64.4 Å². The first-order valence-electron chi connectivity index (χ1n) is 10.6. The zero-order chi connectivity index (χ0) is 22.9. The molecule has 10 heteroatoms. The van der Waals surface area contributed by atoms with Crippen molar-refractivity contribution in [1.82, 2.24) is 20.3 Å². The fourth-order valence-electron chi connectivity index (χ4n) is 4.24. The molecule has 1 aliphatic carbocycles. The van der Waals surface area contributed by atoms with E-state index in [1.165, 1.54) is 23.6 Å². The summed E-state index contributed by atoms with van der Waals surface area (Å²) in [5.74, 6) is -2.45. The minimum atomic E-state index is -0.854. The average Bonchev–Trinajstić information content (AvgIpc) is 3.46. The number of nitrogens with zero attached hydrogens (tertiary/aromatic N) is 2. The van der Waals surface area contributed by atoms with Crippen LogP contribution in [0.1, 0.15) is 36.0 Å². The minimum absolute atomic E-state index is 0.0608. The number of carbonyl (C=O) groups is 1. The van der Waals surface area contributed by atoms with Gasteiger partial charge in [0.25, 0.3) is 5.91 Å². The van der Waals surface area contributed by atoms with Crippen molar-refractivity contribution >= 4 is 34.1 Å². The summed E-state index contributed by atoms with van der Waals surface area (Å²) in [5, 5.41) is 10.1. The highest BCUT2D eigenvalue weighted by atomic mass is 32.1. The number of anilines is 1. The largest absolute Gasteiger partial charge is 0.365 e. The average molecular weight is 472 g/mol. The molecule has 0 spiro atoms. The number of aromatic nitrogens is 3. The van der Waals surface area contributed by atoms with Crippen molar-refractivity contribution < 1.29 is 18.0 Å². The van der Waals surface area contributed by atoms with E-state index in [0.717, 1.165) is 31.5 Å². The van der Waals surface area contributed by atoms with Gasteiger partial charge in [-0.1, -0.05) is 0 Å². The van der Waals surface area contributed by atoms with Gasteiger partial charge in [-0.15, -0.1) is 0 Å². The number of hydrogen-bond donors (Lipinski definition) is 3. The van der Waals surface area contributed by atoms with Gasteiger partial charge in [-0.3, -0.25) is 4.79 Å². The Morgan fingerprint density at radius 2 is 2.00 bits per heavy atom. The number of H-pyrrole nitrogens is 1. The molecule has 1 saturated carbocycles. The minimum Gasteiger partial charge on any atom is -0.365 e. The van der Waals surface area contributed by atoms with Crippen LogP contribution in [-0.4, -0.2) is 32.9 Å². The van der Waals surface area contributed by atoms with Crippen LogP contribution in [0.4, 0.5) is 19.0 Å². The van der Waals surface area contributed by atoms with Crippen LogP contribution < -0.4 is 10.6 Å². The topological polar surface area (TPSA) is 82.7 Å². The second kappa shape index (κ2) is 8.86. The van der Waals surface area contributed by atoms with E-state index in [1.54, 1.807) is 11.4 Å². The third kappa shape index (κ3) is 4.43. The lowest BCUT2D eigenvalue weighted by Gasteiger charge is -2.30. The van der Waals surface area contributed by atoms with Crippen molar-refractivity contribution in [2.75, 3.05) is 5.32 Å². The summed E-state index contributed by atoms with van der Waals surface area (Å²) < 4.78 is 42.9. The molecule has 1 aliphatic rings. The summed E-state index contributed by atoms with van der Waals surface area (Å²) >= 11 is 1.46. The second-order valence-electron chi connectivity index (χ2n) is 8.09. The standard InChI is InChI=1S/C23H20F3N5OS/c24-13-6-16-17(10-28-21(16)27-9-13)20-18(25)8-19(26)22(31-20)29-14-2-1-3-15(7-14)30-23(32)12-4-5-33-11-12/h4-6,8-11,14-15H,1-3,7H2,(H,27,28)(H,29,31)(H,30,32). The Balaban J connectivity index is 1.36. The number of aromatic amines is 1. The van der Waals surface area contributed by atoms with Gasteiger partial charge in [0.2, 0.25) is 0 Å². The highest BCUT2D eigenvalue weighted by Crippen LogP contribution is 2.32.